The molecule has 1 aromatic rings. The van der Waals surface area contributed by atoms with E-state index in [9.17, 15) is 0 Å². The molecule has 1 rings (SSSR count). The van der Waals surface area contributed by atoms with Crippen molar-refractivity contribution in [1.29, 1.82) is 0 Å². The molecule has 0 spiro atoms. The van der Waals surface area contributed by atoms with E-state index in [1.54, 1.807) is 0 Å². The summed E-state index contributed by atoms with van der Waals surface area (Å²) >= 11 is 0. The highest BCUT2D eigenvalue weighted by molar-refractivity contribution is 6.34. The van der Waals surface area contributed by atoms with E-state index in [1.165, 1.54) is 0 Å². The molecule has 0 aromatic heterocycles. The van der Waals surface area contributed by atoms with Gasteiger partial charge in [-0.2, -0.15) is 0 Å². The molecule has 0 amide bonds. The first kappa shape index (κ1) is 18.9. The Bertz CT molecular complexity index is 517. The van der Waals surface area contributed by atoms with Gasteiger partial charge in [0, 0.05) is 0 Å². The van der Waals surface area contributed by atoms with Crippen molar-refractivity contribution in [1.82, 2.24) is 0 Å². The minimum Gasteiger partial charge on any atom is -0.484 e. The lowest BCUT2D eigenvalue weighted by Crippen LogP contribution is -2.31. The lowest BCUT2D eigenvalue weighted by atomic mass is 10.1. The number of hydrogen-bond acceptors (Lipinski definition) is 3. The van der Waals surface area contributed by atoms with Crippen LogP contribution in [0, 0.1) is 0 Å². The molecule has 1 aromatic carbocycles. The average molecular weight is 322 g/mol. The van der Waals surface area contributed by atoms with Gasteiger partial charge in [-0.25, -0.2) is 0 Å². The zero-order valence-corrected chi connectivity index (χ0v) is 16.4. The normalized spacial score (nSPS) is 13.0. The molecule has 0 heterocycles. The molecule has 0 aliphatic heterocycles. The van der Waals surface area contributed by atoms with Crippen LogP contribution in [0.2, 0.25) is 0 Å². The van der Waals surface area contributed by atoms with Gasteiger partial charge in [-0.05, 0) is 73.6 Å². The highest BCUT2D eigenvalue weighted by atomic mass is 28.1. The zero-order chi connectivity index (χ0) is 17.3. The van der Waals surface area contributed by atoms with E-state index in [1.807, 2.05) is 74.4 Å². The Kier molecular flexibility index (Phi) is 5.28. The summed E-state index contributed by atoms with van der Waals surface area (Å²) in [6.07, 6.45) is 0. The first-order chi connectivity index (χ1) is 9.68. The van der Waals surface area contributed by atoms with Crippen molar-refractivity contribution in [3.05, 3.63) is 12.1 Å². The first-order valence-electron chi connectivity index (χ1n) is 7.64. The number of benzene rings is 1. The highest BCUT2D eigenvalue weighted by Gasteiger charge is 2.26. The third-order valence-electron chi connectivity index (χ3n) is 2.31. The van der Waals surface area contributed by atoms with Crippen LogP contribution in [0.1, 0.15) is 62.3 Å². The van der Waals surface area contributed by atoms with Crippen LogP contribution in [-0.4, -0.2) is 27.0 Å². The second kappa shape index (κ2) is 6.15. The summed E-state index contributed by atoms with van der Waals surface area (Å²) in [5, 5.41) is 0.843. The molecule has 0 fully saturated rings. The van der Waals surface area contributed by atoms with Gasteiger partial charge in [0.25, 0.3) is 0 Å². The SMILES string of the molecule is CC(C)(C)Oc1ccc([Si])c(OC(C)(C)C)c1OC(C)(C)C. The molecule has 0 aliphatic rings. The van der Waals surface area contributed by atoms with Crippen LogP contribution in [0.5, 0.6) is 17.2 Å². The Morgan fingerprint density at radius 2 is 1.05 bits per heavy atom. The molecule has 0 bridgehead atoms. The van der Waals surface area contributed by atoms with Gasteiger partial charge in [0.2, 0.25) is 5.75 Å². The minimum atomic E-state index is -0.355. The third-order valence-corrected chi connectivity index (χ3v) is 2.70. The lowest BCUT2D eigenvalue weighted by Gasteiger charge is -2.31. The fourth-order valence-corrected chi connectivity index (χ4v) is 2.01. The summed E-state index contributed by atoms with van der Waals surface area (Å²) in [7, 11) is 3.62. The molecule has 0 saturated heterocycles. The Morgan fingerprint density at radius 1 is 0.636 bits per heavy atom. The standard InChI is InChI=1S/C18H29O3Si/c1-16(2,3)19-12-10-11-13(22)15(21-18(7,8)9)14(12)20-17(4,5)6/h10-11H,1-9H3. The zero-order valence-electron chi connectivity index (χ0n) is 15.4. The molecule has 0 N–H and O–H groups in total. The van der Waals surface area contributed by atoms with Crippen LogP contribution >= 0.6 is 0 Å². The predicted molar refractivity (Wildman–Crippen MR) is 93.0 cm³/mol. The van der Waals surface area contributed by atoms with Crippen LogP contribution in [0.3, 0.4) is 0 Å². The van der Waals surface area contributed by atoms with Crippen molar-refractivity contribution in [3.8, 4) is 17.2 Å². The van der Waals surface area contributed by atoms with Gasteiger partial charge in [0.05, 0.1) is 10.2 Å². The van der Waals surface area contributed by atoms with E-state index in [4.69, 9.17) is 14.2 Å². The Hall–Kier alpha value is -1.16. The van der Waals surface area contributed by atoms with Crippen LogP contribution in [0.4, 0.5) is 0 Å². The summed E-state index contributed by atoms with van der Waals surface area (Å²) in [6, 6.07) is 3.83. The van der Waals surface area contributed by atoms with Crippen LogP contribution < -0.4 is 19.4 Å². The van der Waals surface area contributed by atoms with E-state index >= 15 is 0 Å². The van der Waals surface area contributed by atoms with Crippen LogP contribution in [0.25, 0.3) is 0 Å². The summed E-state index contributed by atoms with van der Waals surface area (Å²) in [5.74, 6) is 1.98. The Labute approximate surface area is 138 Å². The topological polar surface area (TPSA) is 27.7 Å². The van der Waals surface area contributed by atoms with Crippen molar-refractivity contribution in [3.63, 3.8) is 0 Å². The molecule has 0 unspecified atom stereocenters. The molecule has 0 aliphatic carbocycles. The van der Waals surface area contributed by atoms with E-state index < -0.39 is 0 Å². The fourth-order valence-electron chi connectivity index (χ4n) is 1.77. The number of rotatable bonds is 3. The van der Waals surface area contributed by atoms with Crippen molar-refractivity contribution < 1.29 is 14.2 Å². The lowest BCUT2D eigenvalue weighted by molar-refractivity contribution is 0.0785. The van der Waals surface area contributed by atoms with Crippen molar-refractivity contribution in [2.45, 2.75) is 79.1 Å². The minimum absolute atomic E-state index is 0.317. The monoisotopic (exact) mass is 321 g/mol. The summed E-state index contributed by atoms with van der Waals surface area (Å²) in [6.45, 7) is 18.1. The van der Waals surface area contributed by atoms with Gasteiger partial charge in [0.1, 0.15) is 16.8 Å². The summed E-state index contributed by atoms with van der Waals surface area (Å²) in [5.41, 5.74) is -1.01. The molecular formula is C18H29O3Si. The molecule has 3 nitrogen and oxygen atoms in total. The molecular weight excluding hydrogens is 292 g/mol. The average Bonchev–Trinajstić information content (AvgIpc) is 2.22. The maximum atomic E-state index is 6.16. The van der Waals surface area contributed by atoms with Crippen molar-refractivity contribution >= 4 is 15.4 Å². The van der Waals surface area contributed by atoms with Gasteiger partial charge < -0.3 is 14.2 Å². The smallest absolute Gasteiger partial charge is 0.203 e. The van der Waals surface area contributed by atoms with E-state index in [-0.39, 0.29) is 16.8 Å². The predicted octanol–water partition coefficient (Wildman–Crippen LogP) is 4.01. The van der Waals surface area contributed by atoms with Gasteiger partial charge in [-0.1, -0.05) is 6.07 Å². The molecule has 0 atom stereocenters. The fraction of sp³-hybridized carbons (Fsp3) is 0.667. The molecule has 0 saturated carbocycles. The summed E-state index contributed by atoms with van der Waals surface area (Å²) < 4.78 is 18.3. The summed E-state index contributed by atoms with van der Waals surface area (Å²) in [4.78, 5) is 0. The third kappa shape index (κ3) is 6.30. The number of ether oxygens (including phenoxy) is 3. The maximum absolute atomic E-state index is 6.16. The second-order valence-corrected chi connectivity index (χ2v) is 8.95. The Balaban J connectivity index is 3.42. The largest absolute Gasteiger partial charge is 0.484 e. The highest BCUT2D eigenvalue weighted by Crippen LogP contribution is 2.40. The van der Waals surface area contributed by atoms with Gasteiger partial charge >= 0.3 is 0 Å². The van der Waals surface area contributed by atoms with E-state index in [2.05, 4.69) is 10.2 Å². The van der Waals surface area contributed by atoms with Crippen LogP contribution in [-0.2, 0) is 0 Å². The first-order valence-corrected chi connectivity index (χ1v) is 8.14. The maximum Gasteiger partial charge on any atom is 0.203 e. The van der Waals surface area contributed by atoms with Crippen molar-refractivity contribution in [2.24, 2.45) is 0 Å². The molecule has 3 radical (unpaired) electrons. The van der Waals surface area contributed by atoms with E-state index in [0.717, 1.165) is 5.19 Å². The van der Waals surface area contributed by atoms with Gasteiger partial charge in [-0.15, -0.1) is 0 Å². The Morgan fingerprint density at radius 3 is 1.45 bits per heavy atom. The number of hydrogen-bond donors (Lipinski definition) is 0. The molecule has 4 heteroatoms. The van der Waals surface area contributed by atoms with E-state index in [0.29, 0.717) is 17.2 Å². The second-order valence-electron chi connectivity index (χ2n) is 8.41. The molecule has 123 valence electrons. The quantitative estimate of drug-likeness (QED) is 0.787. The molecule has 22 heavy (non-hydrogen) atoms. The van der Waals surface area contributed by atoms with Gasteiger partial charge in [0.15, 0.2) is 11.5 Å². The van der Waals surface area contributed by atoms with Crippen molar-refractivity contribution in [2.75, 3.05) is 0 Å². The van der Waals surface area contributed by atoms with Crippen LogP contribution in [0.15, 0.2) is 12.1 Å². The van der Waals surface area contributed by atoms with Gasteiger partial charge in [-0.3, -0.25) is 0 Å².